The van der Waals surface area contributed by atoms with Crippen LogP contribution in [0.15, 0.2) is 35.1 Å². The second-order valence-electron chi connectivity index (χ2n) is 4.94. The third kappa shape index (κ3) is 2.58. The zero-order valence-electron chi connectivity index (χ0n) is 11.0. The van der Waals surface area contributed by atoms with Gasteiger partial charge in [0.15, 0.2) is 0 Å². The molecule has 104 valence electrons. The van der Waals surface area contributed by atoms with E-state index in [9.17, 15) is 9.59 Å². The SMILES string of the molecule is O=C(NC[C@@H]1CCCO1)c1cc(=O)[nH]c2ccccc12. The van der Waals surface area contributed by atoms with Crippen molar-refractivity contribution in [1.82, 2.24) is 10.3 Å². The molecule has 0 aliphatic carbocycles. The van der Waals surface area contributed by atoms with Crippen molar-refractivity contribution in [2.45, 2.75) is 18.9 Å². The van der Waals surface area contributed by atoms with Crippen molar-refractivity contribution >= 4 is 16.8 Å². The van der Waals surface area contributed by atoms with E-state index in [2.05, 4.69) is 10.3 Å². The van der Waals surface area contributed by atoms with Gasteiger partial charge in [0.25, 0.3) is 5.91 Å². The van der Waals surface area contributed by atoms with Crippen molar-refractivity contribution in [2.24, 2.45) is 0 Å². The highest BCUT2D eigenvalue weighted by Crippen LogP contribution is 2.15. The molecule has 1 fully saturated rings. The molecule has 2 aromatic rings. The molecule has 1 saturated heterocycles. The molecule has 1 amide bonds. The van der Waals surface area contributed by atoms with Crippen LogP contribution in [-0.2, 0) is 4.74 Å². The van der Waals surface area contributed by atoms with Gasteiger partial charge in [-0.1, -0.05) is 18.2 Å². The van der Waals surface area contributed by atoms with E-state index in [0.717, 1.165) is 24.8 Å². The normalized spacial score (nSPS) is 18.3. The van der Waals surface area contributed by atoms with Crippen LogP contribution in [0.5, 0.6) is 0 Å². The first kappa shape index (κ1) is 12.9. The highest BCUT2D eigenvalue weighted by Gasteiger charge is 2.17. The molecule has 1 aliphatic heterocycles. The number of rotatable bonds is 3. The van der Waals surface area contributed by atoms with Crippen LogP contribution in [0.1, 0.15) is 23.2 Å². The molecule has 5 nitrogen and oxygen atoms in total. The average molecular weight is 272 g/mol. The molecule has 0 unspecified atom stereocenters. The van der Waals surface area contributed by atoms with Crippen LogP contribution in [0.2, 0.25) is 0 Å². The fourth-order valence-corrected chi connectivity index (χ4v) is 2.50. The number of carbonyl (C=O) groups excluding carboxylic acids is 1. The maximum absolute atomic E-state index is 12.2. The van der Waals surface area contributed by atoms with Crippen LogP contribution < -0.4 is 10.9 Å². The summed E-state index contributed by atoms with van der Waals surface area (Å²) in [5.41, 5.74) is 0.801. The van der Waals surface area contributed by atoms with E-state index in [1.165, 1.54) is 6.07 Å². The van der Waals surface area contributed by atoms with Gasteiger partial charge in [-0.15, -0.1) is 0 Å². The highest BCUT2D eigenvalue weighted by molar-refractivity contribution is 6.05. The first-order chi connectivity index (χ1) is 9.74. The van der Waals surface area contributed by atoms with Crippen LogP contribution in [0.4, 0.5) is 0 Å². The summed E-state index contributed by atoms with van der Waals surface area (Å²) in [6.45, 7) is 1.24. The van der Waals surface area contributed by atoms with E-state index < -0.39 is 0 Å². The Labute approximate surface area is 116 Å². The molecule has 1 atom stereocenters. The number of ether oxygens (including phenoxy) is 1. The Morgan fingerprint density at radius 2 is 2.25 bits per heavy atom. The molecule has 1 aliphatic rings. The molecule has 0 radical (unpaired) electrons. The molecule has 2 heterocycles. The Balaban J connectivity index is 1.85. The molecule has 1 aromatic carbocycles. The van der Waals surface area contributed by atoms with Crippen LogP contribution in [0.3, 0.4) is 0 Å². The van der Waals surface area contributed by atoms with Crippen molar-refractivity contribution in [3.63, 3.8) is 0 Å². The lowest BCUT2D eigenvalue weighted by molar-refractivity contribution is 0.0859. The van der Waals surface area contributed by atoms with Crippen molar-refractivity contribution in [3.8, 4) is 0 Å². The second-order valence-corrected chi connectivity index (χ2v) is 4.94. The van der Waals surface area contributed by atoms with Crippen LogP contribution in [0, 0.1) is 0 Å². The van der Waals surface area contributed by atoms with Gasteiger partial charge < -0.3 is 15.0 Å². The number of carbonyl (C=O) groups is 1. The molecule has 1 aromatic heterocycles. The quantitative estimate of drug-likeness (QED) is 0.888. The number of fused-ring (bicyclic) bond motifs is 1. The molecule has 5 heteroatoms. The Kier molecular flexibility index (Phi) is 3.52. The summed E-state index contributed by atoms with van der Waals surface area (Å²) in [6.07, 6.45) is 2.09. The zero-order valence-corrected chi connectivity index (χ0v) is 11.0. The topological polar surface area (TPSA) is 71.2 Å². The molecule has 3 rings (SSSR count). The van der Waals surface area contributed by atoms with Gasteiger partial charge in [0.2, 0.25) is 5.56 Å². The van der Waals surface area contributed by atoms with Crippen LogP contribution >= 0.6 is 0 Å². The number of nitrogens with one attached hydrogen (secondary N) is 2. The molecule has 0 saturated carbocycles. The third-order valence-electron chi connectivity index (χ3n) is 3.51. The van der Waals surface area contributed by atoms with Crippen LogP contribution in [-0.4, -0.2) is 30.1 Å². The predicted octanol–water partition coefficient (Wildman–Crippen LogP) is 1.44. The predicted molar refractivity (Wildman–Crippen MR) is 75.9 cm³/mol. The van der Waals surface area contributed by atoms with Crippen molar-refractivity contribution in [2.75, 3.05) is 13.2 Å². The monoisotopic (exact) mass is 272 g/mol. The number of benzene rings is 1. The minimum absolute atomic E-state index is 0.0900. The molecular weight excluding hydrogens is 256 g/mol. The molecule has 20 heavy (non-hydrogen) atoms. The minimum Gasteiger partial charge on any atom is -0.376 e. The highest BCUT2D eigenvalue weighted by atomic mass is 16.5. The van der Waals surface area contributed by atoms with Gasteiger partial charge in [-0.2, -0.15) is 0 Å². The number of amides is 1. The standard InChI is InChI=1S/C15H16N2O3/c18-14-8-12(11-5-1-2-6-13(11)17-14)15(19)16-9-10-4-3-7-20-10/h1-2,5-6,8,10H,3-4,7,9H2,(H,16,19)(H,17,18)/t10-/m0/s1. The number of para-hydroxylation sites is 1. The van der Waals surface area contributed by atoms with E-state index in [-0.39, 0.29) is 17.6 Å². The lowest BCUT2D eigenvalue weighted by Crippen LogP contribution is -2.32. The lowest BCUT2D eigenvalue weighted by Gasteiger charge is -2.11. The Hall–Kier alpha value is -2.14. The van der Waals surface area contributed by atoms with Crippen molar-refractivity contribution in [3.05, 3.63) is 46.2 Å². The van der Waals surface area contributed by atoms with Crippen molar-refractivity contribution < 1.29 is 9.53 Å². The number of hydrogen-bond acceptors (Lipinski definition) is 3. The fourth-order valence-electron chi connectivity index (χ4n) is 2.50. The summed E-state index contributed by atoms with van der Waals surface area (Å²) in [5, 5.41) is 3.59. The first-order valence-electron chi connectivity index (χ1n) is 6.76. The summed E-state index contributed by atoms with van der Waals surface area (Å²) in [6, 6.07) is 8.62. The molecular formula is C15H16N2O3. The minimum atomic E-state index is -0.272. The summed E-state index contributed by atoms with van der Waals surface area (Å²) in [4.78, 5) is 26.6. The van der Waals surface area contributed by atoms with Gasteiger partial charge in [-0.25, -0.2) is 0 Å². The van der Waals surface area contributed by atoms with Gasteiger partial charge in [0.1, 0.15) is 0 Å². The Morgan fingerprint density at radius 3 is 3.05 bits per heavy atom. The number of aromatic amines is 1. The molecule has 0 spiro atoms. The number of aromatic nitrogens is 1. The summed E-state index contributed by atoms with van der Waals surface area (Å²) < 4.78 is 5.47. The van der Waals surface area contributed by atoms with Gasteiger partial charge >= 0.3 is 0 Å². The maximum Gasteiger partial charge on any atom is 0.252 e. The second kappa shape index (κ2) is 5.46. The lowest BCUT2D eigenvalue weighted by atomic mass is 10.1. The smallest absolute Gasteiger partial charge is 0.252 e. The fraction of sp³-hybridized carbons (Fsp3) is 0.333. The summed E-state index contributed by atoms with van der Waals surface area (Å²) in [7, 11) is 0. The van der Waals surface area contributed by atoms with E-state index in [0.29, 0.717) is 17.6 Å². The maximum atomic E-state index is 12.2. The Morgan fingerprint density at radius 1 is 1.40 bits per heavy atom. The van der Waals surface area contributed by atoms with E-state index >= 15 is 0 Å². The van der Waals surface area contributed by atoms with E-state index in [4.69, 9.17) is 4.74 Å². The first-order valence-corrected chi connectivity index (χ1v) is 6.76. The zero-order chi connectivity index (χ0) is 13.9. The van der Waals surface area contributed by atoms with Crippen LogP contribution in [0.25, 0.3) is 10.9 Å². The van der Waals surface area contributed by atoms with Gasteiger partial charge in [0.05, 0.1) is 11.7 Å². The third-order valence-corrected chi connectivity index (χ3v) is 3.51. The van der Waals surface area contributed by atoms with Gasteiger partial charge in [-0.3, -0.25) is 9.59 Å². The van der Waals surface area contributed by atoms with Gasteiger partial charge in [0, 0.05) is 30.1 Å². The van der Waals surface area contributed by atoms with E-state index in [1.807, 2.05) is 18.2 Å². The average Bonchev–Trinajstić information content (AvgIpc) is 2.97. The van der Waals surface area contributed by atoms with E-state index in [1.54, 1.807) is 6.07 Å². The summed E-state index contributed by atoms with van der Waals surface area (Å²) in [5.74, 6) is -0.234. The number of pyridine rings is 1. The molecule has 0 bridgehead atoms. The summed E-state index contributed by atoms with van der Waals surface area (Å²) >= 11 is 0. The largest absolute Gasteiger partial charge is 0.376 e. The number of H-pyrrole nitrogens is 1. The Bertz CT molecular complexity index is 687. The van der Waals surface area contributed by atoms with Crippen molar-refractivity contribution in [1.29, 1.82) is 0 Å². The number of hydrogen-bond donors (Lipinski definition) is 2. The molecule has 2 N–H and O–H groups in total. The van der Waals surface area contributed by atoms with Gasteiger partial charge in [-0.05, 0) is 18.9 Å².